The Morgan fingerprint density at radius 3 is 2.63 bits per heavy atom. The van der Waals surface area contributed by atoms with Gasteiger partial charge in [0.25, 0.3) is 0 Å². The smallest absolute Gasteiger partial charge is 0.193 e. The molecule has 2 heterocycles. The monoisotopic (exact) mass is 359 g/mol. The zero-order chi connectivity index (χ0) is 18.5. The summed E-state index contributed by atoms with van der Waals surface area (Å²) in [7, 11) is 1.86. The molecule has 1 fully saturated rings. The highest BCUT2D eigenvalue weighted by Crippen LogP contribution is 2.26. The van der Waals surface area contributed by atoms with Crippen molar-refractivity contribution in [3.05, 3.63) is 84.2 Å². The molecule has 1 saturated heterocycles. The number of rotatable bonds is 4. The maximum absolute atomic E-state index is 4.49. The molecule has 1 aromatic heterocycles. The zero-order valence-electron chi connectivity index (χ0n) is 15.6. The van der Waals surface area contributed by atoms with Gasteiger partial charge in [-0.1, -0.05) is 42.5 Å². The molecule has 3 aromatic rings. The van der Waals surface area contributed by atoms with Gasteiger partial charge >= 0.3 is 0 Å². The maximum Gasteiger partial charge on any atom is 0.193 e. The Kier molecular flexibility index (Phi) is 5.19. The third-order valence-electron chi connectivity index (χ3n) is 5.13. The molecule has 1 atom stereocenters. The highest BCUT2D eigenvalue weighted by atomic mass is 15.3. The molecule has 138 valence electrons. The fourth-order valence-corrected chi connectivity index (χ4v) is 3.65. The van der Waals surface area contributed by atoms with E-state index in [1.165, 1.54) is 17.5 Å². The topological polar surface area (TPSA) is 45.5 Å². The van der Waals surface area contributed by atoms with E-state index in [0.29, 0.717) is 5.92 Å². The normalized spacial score (nSPS) is 17.3. The first-order chi connectivity index (χ1) is 13.3. The fraction of sp³-hybridized carbons (Fsp3) is 0.273. The Labute approximate surface area is 160 Å². The molecule has 0 saturated carbocycles. The van der Waals surface area contributed by atoms with Crippen LogP contribution < -0.4 is 5.32 Å². The second-order valence-corrected chi connectivity index (χ2v) is 6.86. The van der Waals surface area contributed by atoms with Crippen molar-refractivity contribution in [2.45, 2.75) is 18.9 Å². The summed E-state index contributed by atoms with van der Waals surface area (Å²) in [6.07, 6.45) is 4.91. The van der Waals surface area contributed by atoms with Crippen LogP contribution in [0.2, 0.25) is 0 Å². The van der Waals surface area contributed by atoms with E-state index in [4.69, 9.17) is 0 Å². The summed E-state index contributed by atoms with van der Waals surface area (Å²) in [6, 6.07) is 21.2. The summed E-state index contributed by atoms with van der Waals surface area (Å²) in [4.78, 5) is 6.85. The lowest BCUT2D eigenvalue weighted by Crippen LogP contribution is -2.39. The first-order valence-electron chi connectivity index (χ1n) is 9.43. The number of nitrogens with zero attached hydrogens (tertiary/aromatic N) is 4. The van der Waals surface area contributed by atoms with Crippen LogP contribution in [-0.4, -0.2) is 40.8 Å². The first kappa shape index (κ1) is 17.3. The van der Waals surface area contributed by atoms with Crippen LogP contribution in [0.3, 0.4) is 0 Å². The average Bonchev–Trinajstić information content (AvgIpc) is 3.42. The molecule has 0 bridgehead atoms. The SMILES string of the molecule is CN=C(NCc1ccc(-n2cccn2)cc1)N1CCC(c2ccccc2)C1. The summed E-state index contributed by atoms with van der Waals surface area (Å²) in [5.41, 5.74) is 3.72. The van der Waals surface area contributed by atoms with Crippen LogP contribution in [-0.2, 0) is 6.54 Å². The lowest BCUT2D eigenvalue weighted by molar-refractivity contribution is 0.486. The van der Waals surface area contributed by atoms with Crippen molar-refractivity contribution < 1.29 is 0 Å². The molecule has 2 aromatic carbocycles. The van der Waals surface area contributed by atoms with Gasteiger partial charge < -0.3 is 10.2 Å². The summed E-state index contributed by atoms with van der Waals surface area (Å²) >= 11 is 0. The van der Waals surface area contributed by atoms with E-state index in [1.54, 1.807) is 6.20 Å². The van der Waals surface area contributed by atoms with E-state index in [2.05, 4.69) is 74.9 Å². The van der Waals surface area contributed by atoms with Crippen molar-refractivity contribution in [3.8, 4) is 5.69 Å². The number of nitrogens with one attached hydrogen (secondary N) is 1. The minimum atomic E-state index is 0.582. The van der Waals surface area contributed by atoms with Gasteiger partial charge in [-0.05, 0) is 35.7 Å². The van der Waals surface area contributed by atoms with Crippen molar-refractivity contribution >= 4 is 5.96 Å². The van der Waals surface area contributed by atoms with Crippen molar-refractivity contribution in [1.82, 2.24) is 20.0 Å². The molecule has 5 nitrogen and oxygen atoms in total. The number of benzene rings is 2. The number of likely N-dealkylation sites (tertiary alicyclic amines) is 1. The third-order valence-corrected chi connectivity index (χ3v) is 5.13. The maximum atomic E-state index is 4.49. The van der Waals surface area contributed by atoms with E-state index in [-0.39, 0.29) is 0 Å². The van der Waals surface area contributed by atoms with Gasteiger partial charge in [-0.25, -0.2) is 4.68 Å². The van der Waals surface area contributed by atoms with Crippen LogP contribution >= 0.6 is 0 Å². The molecule has 5 heteroatoms. The number of hydrogen-bond donors (Lipinski definition) is 1. The highest BCUT2D eigenvalue weighted by molar-refractivity contribution is 5.80. The largest absolute Gasteiger partial charge is 0.352 e. The lowest BCUT2D eigenvalue weighted by atomic mass is 9.99. The molecular formula is C22H25N5. The Morgan fingerprint density at radius 2 is 1.93 bits per heavy atom. The molecule has 1 unspecified atom stereocenters. The van der Waals surface area contributed by atoms with Crippen LogP contribution in [0.25, 0.3) is 5.69 Å². The van der Waals surface area contributed by atoms with Crippen molar-refractivity contribution in [2.24, 2.45) is 4.99 Å². The zero-order valence-corrected chi connectivity index (χ0v) is 15.6. The Hall–Kier alpha value is -3.08. The Bertz CT molecular complexity index is 869. The summed E-state index contributed by atoms with van der Waals surface area (Å²) in [5.74, 6) is 1.56. The third kappa shape index (κ3) is 4.03. The van der Waals surface area contributed by atoms with Crippen LogP contribution in [0.4, 0.5) is 0 Å². The minimum absolute atomic E-state index is 0.582. The second-order valence-electron chi connectivity index (χ2n) is 6.86. The average molecular weight is 359 g/mol. The summed E-state index contributed by atoms with van der Waals surface area (Å²) in [6.45, 7) is 2.82. The van der Waals surface area contributed by atoms with Crippen LogP contribution in [0.1, 0.15) is 23.5 Å². The quantitative estimate of drug-likeness (QED) is 0.573. The number of aromatic nitrogens is 2. The van der Waals surface area contributed by atoms with Gasteiger partial charge in [0, 0.05) is 45.0 Å². The van der Waals surface area contributed by atoms with E-state index in [0.717, 1.165) is 31.3 Å². The van der Waals surface area contributed by atoms with E-state index >= 15 is 0 Å². The van der Waals surface area contributed by atoms with E-state index < -0.39 is 0 Å². The standard InChI is InChI=1S/C22H25N5/c1-23-22(26-15-12-20(17-26)19-6-3-2-4-7-19)24-16-18-8-10-21(11-9-18)27-14-5-13-25-27/h2-11,13-14,20H,12,15-17H2,1H3,(H,23,24). The first-order valence-corrected chi connectivity index (χ1v) is 9.43. The van der Waals surface area contributed by atoms with Gasteiger partial charge in [-0.3, -0.25) is 4.99 Å². The molecule has 0 radical (unpaired) electrons. The number of guanidine groups is 1. The number of hydrogen-bond acceptors (Lipinski definition) is 2. The van der Waals surface area contributed by atoms with Gasteiger partial charge in [-0.2, -0.15) is 5.10 Å². The van der Waals surface area contributed by atoms with Crippen LogP contribution in [0.15, 0.2) is 78.0 Å². The predicted molar refractivity (Wildman–Crippen MR) is 109 cm³/mol. The molecule has 27 heavy (non-hydrogen) atoms. The molecular weight excluding hydrogens is 334 g/mol. The minimum Gasteiger partial charge on any atom is -0.352 e. The molecule has 0 amide bonds. The summed E-state index contributed by atoms with van der Waals surface area (Å²) < 4.78 is 1.87. The Morgan fingerprint density at radius 1 is 1.11 bits per heavy atom. The molecule has 1 aliphatic rings. The van der Waals surface area contributed by atoms with Gasteiger partial charge in [0.1, 0.15) is 0 Å². The van der Waals surface area contributed by atoms with Gasteiger partial charge in [0.2, 0.25) is 0 Å². The molecule has 1 aliphatic heterocycles. The van der Waals surface area contributed by atoms with Crippen molar-refractivity contribution in [1.29, 1.82) is 0 Å². The predicted octanol–water partition coefficient (Wildman–Crippen LogP) is 3.44. The lowest BCUT2D eigenvalue weighted by Gasteiger charge is -2.22. The van der Waals surface area contributed by atoms with Crippen molar-refractivity contribution in [2.75, 3.05) is 20.1 Å². The highest BCUT2D eigenvalue weighted by Gasteiger charge is 2.25. The van der Waals surface area contributed by atoms with Crippen molar-refractivity contribution in [3.63, 3.8) is 0 Å². The molecule has 1 N–H and O–H groups in total. The van der Waals surface area contributed by atoms with Crippen LogP contribution in [0, 0.1) is 0 Å². The molecule has 0 aliphatic carbocycles. The molecule has 0 spiro atoms. The second kappa shape index (κ2) is 8.08. The van der Waals surface area contributed by atoms with E-state index in [1.807, 2.05) is 24.0 Å². The van der Waals surface area contributed by atoms with Gasteiger partial charge in [0.15, 0.2) is 5.96 Å². The van der Waals surface area contributed by atoms with Gasteiger partial charge in [0.05, 0.1) is 5.69 Å². The Balaban J connectivity index is 1.34. The fourth-order valence-electron chi connectivity index (χ4n) is 3.65. The van der Waals surface area contributed by atoms with Gasteiger partial charge in [-0.15, -0.1) is 0 Å². The number of aliphatic imine (C=N–C) groups is 1. The van der Waals surface area contributed by atoms with Crippen LogP contribution in [0.5, 0.6) is 0 Å². The van der Waals surface area contributed by atoms with E-state index in [9.17, 15) is 0 Å². The summed E-state index contributed by atoms with van der Waals surface area (Å²) in [5, 5.41) is 7.77. The molecule has 4 rings (SSSR count).